The van der Waals surface area contributed by atoms with Crippen LogP contribution in [0, 0.1) is 13.8 Å². The Labute approximate surface area is 279 Å². The van der Waals surface area contributed by atoms with E-state index in [0.717, 1.165) is 37.9 Å². The lowest BCUT2D eigenvalue weighted by molar-refractivity contribution is 0.0977. The molecular weight excluding hydrogens is 660 g/mol. The van der Waals surface area contributed by atoms with E-state index in [4.69, 9.17) is 0 Å². The fraction of sp³-hybridized carbons (Fsp3) is 0.294. The first-order chi connectivity index (χ1) is 22.6. The number of fused-ring (bicyclic) bond motifs is 2. The van der Waals surface area contributed by atoms with Crippen molar-refractivity contribution in [2.45, 2.75) is 53.9 Å². The highest BCUT2D eigenvalue weighted by Gasteiger charge is 2.17. The van der Waals surface area contributed by atoms with Gasteiger partial charge in [0.05, 0.1) is 33.5 Å². The highest BCUT2D eigenvalue weighted by atomic mass is 79.9. The molecular formula is C34H37BrN10O2. The molecule has 0 radical (unpaired) electrons. The SMILES string of the molecule is CCn1nc(C)cc1C(=O)/N=c1\n(C)c2ccccc2n1C/C=C/Cn1/c(=N/C(=O)c2cc(C)nn2CC)n(C)c2cccc(Br)c21. The molecule has 4 aromatic heterocycles. The lowest BCUT2D eigenvalue weighted by Crippen LogP contribution is -2.27. The predicted molar refractivity (Wildman–Crippen MR) is 184 cm³/mol. The van der Waals surface area contributed by atoms with E-state index in [1.807, 2.05) is 115 Å². The van der Waals surface area contributed by atoms with Crippen LogP contribution in [0.5, 0.6) is 0 Å². The average molecular weight is 698 g/mol. The van der Waals surface area contributed by atoms with Crippen molar-refractivity contribution in [1.29, 1.82) is 0 Å². The summed E-state index contributed by atoms with van der Waals surface area (Å²) < 4.78 is 12.2. The quantitative estimate of drug-likeness (QED) is 0.212. The fourth-order valence-corrected chi connectivity index (χ4v) is 6.57. The van der Waals surface area contributed by atoms with Crippen LogP contribution in [-0.2, 0) is 40.3 Å². The van der Waals surface area contributed by atoms with E-state index in [0.29, 0.717) is 48.8 Å². The minimum atomic E-state index is -0.353. The third-order valence-electron chi connectivity index (χ3n) is 8.20. The van der Waals surface area contributed by atoms with Crippen molar-refractivity contribution in [3.8, 4) is 0 Å². The molecule has 0 aliphatic carbocycles. The Morgan fingerprint density at radius 3 is 1.79 bits per heavy atom. The largest absolute Gasteiger partial charge is 0.313 e. The van der Waals surface area contributed by atoms with Gasteiger partial charge < -0.3 is 18.3 Å². The molecule has 6 rings (SSSR count). The molecule has 0 spiro atoms. The van der Waals surface area contributed by atoms with Gasteiger partial charge in [-0.15, -0.1) is 0 Å². The first kappa shape index (κ1) is 31.9. The van der Waals surface area contributed by atoms with Crippen molar-refractivity contribution in [2.24, 2.45) is 24.1 Å². The van der Waals surface area contributed by atoms with Gasteiger partial charge in [0.2, 0.25) is 11.2 Å². The van der Waals surface area contributed by atoms with Crippen molar-refractivity contribution in [1.82, 2.24) is 37.8 Å². The number of imidazole rings is 2. The number of carbonyl (C=O) groups excluding carboxylic acids is 2. The van der Waals surface area contributed by atoms with E-state index >= 15 is 0 Å². The average Bonchev–Trinajstić information content (AvgIpc) is 3.78. The zero-order valence-electron chi connectivity index (χ0n) is 27.3. The topological polar surface area (TPSA) is 114 Å². The van der Waals surface area contributed by atoms with E-state index in [9.17, 15) is 9.59 Å². The van der Waals surface area contributed by atoms with Crippen molar-refractivity contribution < 1.29 is 9.59 Å². The number of nitrogens with zero attached hydrogens (tertiary/aromatic N) is 10. The van der Waals surface area contributed by atoms with Crippen LogP contribution in [0.2, 0.25) is 0 Å². The van der Waals surface area contributed by atoms with Gasteiger partial charge in [-0.1, -0.05) is 30.4 Å². The van der Waals surface area contributed by atoms with E-state index in [2.05, 4.69) is 36.1 Å². The Bertz CT molecular complexity index is 2340. The number of allylic oxidation sites excluding steroid dienone is 2. The third kappa shape index (κ3) is 5.86. The molecule has 242 valence electrons. The van der Waals surface area contributed by atoms with Crippen molar-refractivity contribution in [2.75, 3.05) is 0 Å². The lowest BCUT2D eigenvalue weighted by atomic mass is 10.3. The van der Waals surface area contributed by atoms with Crippen LogP contribution >= 0.6 is 15.9 Å². The van der Waals surface area contributed by atoms with Crippen LogP contribution in [-0.4, -0.2) is 49.6 Å². The number of halogens is 1. The lowest BCUT2D eigenvalue weighted by Gasteiger charge is -2.05. The van der Waals surface area contributed by atoms with Crippen molar-refractivity contribution in [3.05, 3.63) is 105 Å². The summed E-state index contributed by atoms with van der Waals surface area (Å²) in [5, 5.41) is 8.85. The monoisotopic (exact) mass is 696 g/mol. The molecule has 47 heavy (non-hydrogen) atoms. The zero-order chi connectivity index (χ0) is 33.4. The molecule has 12 nitrogen and oxygen atoms in total. The zero-order valence-corrected chi connectivity index (χ0v) is 28.9. The van der Waals surface area contributed by atoms with E-state index in [-0.39, 0.29) is 11.8 Å². The van der Waals surface area contributed by atoms with Gasteiger partial charge in [-0.25, -0.2) is 0 Å². The molecule has 0 saturated heterocycles. The maximum absolute atomic E-state index is 13.5. The van der Waals surface area contributed by atoms with Gasteiger partial charge in [-0.3, -0.25) is 19.0 Å². The number of aryl methyl sites for hydroxylation is 6. The predicted octanol–water partition coefficient (Wildman–Crippen LogP) is 4.82. The molecule has 0 saturated carbocycles. The number of hydrogen-bond acceptors (Lipinski definition) is 4. The highest BCUT2D eigenvalue weighted by Crippen LogP contribution is 2.23. The molecule has 0 unspecified atom stereocenters. The number of hydrogen-bond donors (Lipinski definition) is 0. The van der Waals surface area contributed by atoms with Gasteiger partial charge in [-0.2, -0.15) is 20.2 Å². The second kappa shape index (κ2) is 13.0. The van der Waals surface area contributed by atoms with Gasteiger partial charge in [-0.05, 0) is 80.0 Å². The Balaban J connectivity index is 1.39. The summed E-state index contributed by atoms with van der Waals surface area (Å²) in [4.78, 5) is 36.1. The maximum Gasteiger partial charge on any atom is 0.298 e. The highest BCUT2D eigenvalue weighted by molar-refractivity contribution is 9.10. The molecule has 0 aliphatic heterocycles. The summed E-state index contributed by atoms with van der Waals surface area (Å²) in [5.74, 6) is -0.697. The molecule has 0 atom stereocenters. The van der Waals surface area contributed by atoms with Gasteiger partial charge in [0, 0.05) is 44.7 Å². The molecule has 6 aromatic rings. The standard InChI is InChI=1S/C34H37BrN10O2/c1-7-44-28(20-22(3)38-44)31(46)36-33-40(5)25-15-9-10-16-26(25)42(33)18-11-12-19-43-30-24(35)14-13-17-27(30)41(6)34(43)37-32(47)29-21-23(4)39-45(29)8-2/h9-17,20-21H,7-8,18-19H2,1-6H3/b12-11+,36-33+,37-34+. The third-order valence-corrected chi connectivity index (χ3v) is 8.84. The number of amides is 2. The number of benzene rings is 2. The summed E-state index contributed by atoms with van der Waals surface area (Å²) in [5.41, 5.74) is 7.28. The van der Waals surface area contributed by atoms with E-state index in [1.165, 1.54) is 0 Å². The molecule has 2 aromatic carbocycles. The van der Waals surface area contributed by atoms with Crippen molar-refractivity contribution in [3.63, 3.8) is 0 Å². The molecule has 0 aliphatic rings. The number of carbonyl (C=O) groups is 2. The maximum atomic E-state index is 13.5. The second-order valence-corrected chi connectivity index (χ2v) is 12.2. The molecule has 13 heteroatoms. The normalized spacial score (nSPS) is 12.8. The number of para-hydroxylation sites is 3. The second-order valence-electron chi connectivity index (χ2n) is 11.3. The molecule has 4 heterocycles. The summed E-state index contributed by atoms with van der Waals surface area (Å²) >= 11 is 3.72. The number of aromatic nitrogens is 8. The summed E-state index contributed by atoms with van der Waals surface area (Å²) in [6, 6.07) is 17.5. The van der Waals surface area contributed by atoms with Crippen LogP contribution in [0.15, 0.2) is 81.2 Å². The van der Waals surface area contributed by atoms with E-state index < -0.39 is 0 Å². The smallest absolute Gasteiger partial charge is 0.298 e. The van der Waals surface area contributed by atoms with Crippen LogP contribution < -0.4 is 11.2 Å². The van der Waals surface area contributed by atoms with E-state index in [1.54, 1.807) is 21.5 Å². The number of rotatable bonds is 8. The van der Waals surface area contributed by atoms with Gasteiger partial charge in [0.1, 0.15) is 11.4 Å². The fourth-order valence-electron chi connectivity index (χ4n) is 6.00. The van der Waals surface area contributed by atoms with Gasteiger partial charge >= 0.3 is 0 Å². The minimum absolute atomic E-state index is 0.345. The summed E-state index contributed by atoms with van der Waals surface area (Å²) in [6.07, 6.45) is 4.08. The Hall–Kier alpha value is -5.04. The molecule has 2 amide bonds. The van der Waals surface area contributed by atoms with Crippen LogP contribution in [0.3, 0.4) is 0 Å². The van der Waals surface area contributed by atoms with Crippen LogP contribution in [0.25, 0.3) is 22.1 Å². The Morgan fingerprint density at radius 1 is 0.723 bits per heavy atom. The van der Waals surface area contributed by atoms with Gasteiger partial charge in [0.25, 0.3) is 11.8 Å². The minimum Gasteiger partial charge on any atom is -0.313 e. The van der Waals surface area contributed by atoms with Crippen molar-refractivity contribution >= 4 is 49.8 Å². The van der Waals surface area contributed by atoms with Crippen LogP contribution in [0.4, 0.5) is 0 Å². The molecule has 0 fully saturated rings. The first-order valence-corrected chi connectivity index (χ1v) is 16.3. The Kier molecular flexibility index (Phi) is 8.82. The summed E-state index contributed by atoms with van der Waals surface area (Å²) in [7, 11) is 3.82. The Morgan fingerprint density at radius 2 is 1.21 bits per heavy atom. The first-order valence-electron chi connectivity index (χ1n) is 15.5. The molecule has 0 N–H and O–H groups in total. The summed E-state index contributed by atoms with van der Waals surface area (Å²) in [6.45, 7) is 9.70. The molecule has 0 bridgehead atoms. The van der Waals surface area contributed by atoms with Crippen LogP contribution in [0.1, 0.15) is 46.2 Å². The van der Waals surface area contributed by atoms with Gasteiger partial charge in [0.15, 0.2) is 0 Å².